The van der Waals surface area contributed by atoms with E-state index in [4.69, 9.17) is 10.2 Å². The SMILES string of the molecule is C.CC(C)(CO)SOOF.[CH2-]C.[CH2-]O.[CH2-]OCC(C)(C)SOO[O-].[Y].[Y].[Y]. The average Bonchev–Trinajstić information content (AvgIpc) is 2.55. The smallest absolute Gasteiger partial charge is 0.0629 e. The maximum absolute atomic E-state index is 10.8. The number of hydrogen-bond acceptors (Lipinski definition) is 10. The van der Waals surface area contributed by atoms with E-state index in [1.54, 1.807) is 20.8 Å². The zero-order valence-corrected chi connectivity index (χ0v) is 26.0. The van der Waals surface area contributed by atoms with Crippen molar-refractivity contribution in [2.45, 2.75) is 51.5 Å². The Kier molecular flexibility index (Phi) is 77.8. The van der Waals surface area contributed by atoms with Gasteiger partial charge in [-0.25, -0.2) is 14.2 Å². The number of hydrogen-bond donors (Lipinski definition) is 2. The van der Waals surface area contributed by atoms with Crippen LogP contribution in [0, 0.1) is 21.1 Å². The molecule has 0 aliphatic rings. The summed E-state index contributed by atoms with van der Waals surface area (Å²) in [7, 11) is 5.44. The van der Waals surface area contributed by atoms with Gasteiger partial charge in [-0.2, -0.15) is 11.3 Å². The van der Waals surface area contributed by atoms with Crippen molar-refractivity contribution in [3.05, 3.63) is 21.1 Å². The fraction of sp³-hybridized carbons (Fsp3) is 0.769. The Labute approximate surface area is 248 Å². The van der Waals surface area contributed by atoms with E-state index in [-0.39, 0.29) is 117 Å². The van der Waals surface area contributed by atoms with E-state index in [9.17, 15) is 9.78 Å². The Morgan fingerprint density at radius 3 is 1.59 bits per heavy atom. The molecule has 163 valence electrons. The molecular weight excluding hydrogens is 634 g/mol. The molecule has 0 aromatic rings. The molecule has 0 spiro atoms. The molecule has 0 saturated carbocycles. The summed E-state index contributed by atoms with van der Waals surface area (Å²) in [6, 6.07) is 0. The minimum atomic E-state index is -0.522. The Morgan fingerprint density at radius 1 is 0.963 bits per heavy atom. The molecule has 0 aromatic carbocycles. The second-order valence-corrected chi connectivity index (χ2v) is 7.28. The molecule has 0 amide bonds. The van der Waals surface area contributed by atoms with E-state index in [0.717, 1.165) is 24.1 Å². The minimum absolute atomic E-state index is 0. The van der Waals surface area contributed by atoms with Crippen molar-refractivity contribution >= 4 is 24.1 Å². The topological polar surface area (TPSA) is 110 Å². The van der Waals surface area contributed by atoms with E-state index < -0.39 is 4.75 Å². The third-order valence-electron chi connectivity index (χ3n) is 1.40. The Balaban J connectivity index is -0.0000000334. The number of aliphatic hydroxyl groups is 2. The van der Waals surface area contributed by atoms with E-state index in [0.29, 0.717) is 6.61 Å². The number of halogens is 1. The molecule has 0 heterocycles. The molecule has 8 nitrogen and oxygen atoms in total. The molecule has 0 bridgehead atoms. The summed E-state index contributed by atoms with van der Waals surface area (Å²) in [5, 5.41) is 30.7. The first-order valence-corrected chi connectivity index (χ1v) is 7.50. The van der Waals surface area contributed by atoms with Crippen molar-refractivity contribution in [2.75, 3.05) is 13.2 Å². The van der Waals surface area contributed by atoms with E-state index >= 15 is 0 Å². The second kappa shape index (κ2) is 40.0. The summed E-state index contributed by atoms with van der Waals surface area (Å²) < 4.78 is 22.6. The van der Waals surface area contributed by atoms with Gasteiger partial charge in [0.25, 0.3) is 0 Å². The summed E-state index contributed by atoms with van der Waals surface area (Å²) in [6.45, 7) is 12.3. The van der Waals surface area contributed by atoms with Gasteiger partial charge in [0, 0.05) is 129 Å². The van der Waals surface area contributed by atoms with Crippen LogP contribution in [0.1, 0.15) is 42.0 Å². The Morgan fingerprint density at radius 2 is 1.33 bits per heavy atom. The van der Waals surface area contributed by atoms with Gasteiger partial charge < -0.3 is 27.1 Å². The van der Waals surface area contributed by atoms with Gasteiger partial charge in [-0.3, -0.25) is 5.04 Å². The van der Waals surface area contributed by atoms with Crippen LogP contribution < -0.4 is 5.26 Å². The molecule has 0 atom stereocenters. The predicted octanol–water partition coefficient (Wildman–Crippen LogP) is 3.30. The molecule has 0 fully saturated rings. The van der Waals surface area contributed by atoms with Gasteiger partial charge in [-0.1, -0.05) is 7.43 Å². The van der Waals surface area contributed by atoms with Crippen molar-refractivity contribution in [1.29, 1.82) is 0 Å². The quantitative estimate of drug-likeness (QED) is 0.165. The minimum Gasteiger partial charge on any atom is -0.691 e. The second-order valence-electron chi connectivity index (χ2n) is 4.46. The van der Waals surface area contributed by atoms with Gasteiger partial charge in [-0.05, 0) is 37.3 Å². The zero-order chi connectivity index (χ0) is 19.4. The van der Waals surface area contributed by atoms with Crippen molar-refractivity contribution in [1.82, 2.24) is 0 Å². The largest absolute Gasteiger partial charge is 0.691 e. The van der Waals surface area contributed by atoms with Crippen LogP contribution in [0.5, 0.6) is 0 Å². The van der Waals surface area contributed by atoms with E-state index in [2.05, 4.69) is 44.7 Å². The van der Waals surface area contributed by atoms with Gasteiger partial charge in [0.05, 0.1) is 16.1 Å². The van der Waals surface area contributed by atoms with Crippen LogP contribution in [0.4, 0.5) is 4.53 Å². The number of ether oxygens (including phenoxy) is 1. The Hall–Kier alpha value is 3.62. The summed E-state index contributed by atoms with van der Waals surface area (Å²) in [5.74, 6) is 0. The molecule has 0 rings (SSSR count). The van der Waals surface area contributed by atoms with Crippen LogP contribution in [-0.4, -0.2) is 32.9 Å². The molecule has 0 unspecified atom stereocenters. The third-order valence-corrected chi connectivity index (χ3v) is 2.80. The number of rotatable bonds is 9. The molecule has 0 aliphatic carbocycles. The monoisotopic (exact) mass is 665 g/mol. The first-order valence-electron chi connectivity index (χ1n) is 6.02. The van der Waals surface area contributed by atoms with Gasteiger partial charge in [0.2, 0.25) is 0 Å². The average molecular weight is 665 g/mol. The van der Waals surface area contributed by atoms with E-state index in [1.807, 2.05) is 13.8 Å². The standard InChI is InChI=1S/C5H11O4S.C4H9FO3S.C2H5.CH3O.CH4.3Y/c1-5(2,4-7-3)10-9-8-6;1-4(2,3-6)9-8-7-5;2*1-2;;;;/h6H,3-4H2,1-2H3;6H,3H2,1-2H3;1H2,2H3;2H,1H2;1H4;;;/q-1;;2*-1;;;;/p-1. The molecule has 0 aliphatic heterocycles. The summed E-state index contributed by atoms with van der Waals surface area (Å²) in [5.41, 5.74) is 0. The normalized spacial score (nSPS) is 8.89. The maximum Gasteiger partial charge on any atom is 0.0629 e. The van der Waals surface area contributed by atoms with Crippen molar-refractivity contribution in [2.24, 2.45) is 0 Å². The Bertz CT molecular complexity index is 226. The van der Waals surface area contributed by atoms with Crippen LogP contribution >= 0.6 is 24.1 Å². The zero-order valence-electron chi connectivity index (χ0n) is 15.8. The van der Waals surface area contributed by atoms with Crippen molar-refractivity contribution < 1.29 is 142 Å². The van der Waals surface area contributed by atoms with Crippen LogP contribution in [0.2, 0.25) is 0 Å². The van der Waals surface area contributed by atoms with Crippen molar-refractivity contribution in [3.63, 3.8) is 0 Å². The molecule has 3 radical (unpaired) electrons. The fourth-order valence-corrected chi connectivity index (χ4v) is 1.11. The summed E-state index contributed by atoms with van der Waals surface area (Å²) >= 11 is 1.64. The van der Waals surface area contributed by atoms with Crippen LogP contribution in [-0.2, 0) is 122 Å². The third kappa shape index (κ3) is 53.1. The number of aliphatic hydroxyl groups excluding tert-OH is 2. The van der Waals surface area contributed by atoms with Gasteiger partial charge >= 0.3 is 0 Å². The van der Waals surface area contributed by atoms with Gasteiger partial charge in [-0.15, -0.1) is 4.33 Å². The first-order chi connectivity index (χ1) is 10.7. The molecule has 2 N–H and O–H groups in total. The maximum atomic E-state index is 10.8. The molecule has 27 heavy (non-hydrogen) atoms. The molecule has 0 aromatic heterocycles. The molecule has 14 heteroatoms. The van der Waals surface area contributed by atoms with Crippen LogP contribution in [0.3, 0.4) is 0 Å². The first kappa shape index (κ1) is 52.5. The fourth-order valence-electron chi connectivity index (χ4n) is 0.507. The molecule has 0 saturated heterocycles. The predicted molar refractivity (Wildman–Crippen MR) is 92.2 cm³/mol. The molecular formula is C13H31FO8S2Y3-4. The van der Waals surface area contributed by atoms with Gasteiger partial charge in [0.15, 0.2) is 0 Å². The van der Waals surface area contributed by atoms with Crippen LogP contribution in [0.15, 0.2) is 0 Å². The summed E-state index contributed by atoms with van der Waals surface area (Å²) in [6.07, 6.45) is 0. The van der Waals surface area contributed by atoms with Crippen LogP contribution in [0.25, 0.3) is 0 Å². The van der Waals surface area contributed by atoms with Crippen molar-refractivity contribution in [3.8, 4) is 0 Å². The summed E-state index contributed by atoms with van der Waals surface area (Å²) in [4.78, 5) is 0. The van der Waals surface area contributed by atoms with Gasteiger partial charge in [0.1, 0.15) is 0 Å². The van der Waals surface area contributed by atoms with E-state index in [1.165, 1.54) is 0 Å².